The lowest BCUT2D eigenvalue weighted by atomic mass is 9.83. The summed E-state index contributed by atoms with van der Waals surface area (Å²) in [6.45, 7) is 1.74. The fourth-order valence-corrected chi connectivity index (χ4v) is 2.91. The average molecular weight is 424 g/mol. The van der Waals surface area contributed by atoms with Gasteiger partial charge in [0.1, 0.15) is 18.9 Å². The molecule has 13 nitrogen and oxygen atoms in total. The molecule has 1 heterocycles. The maximum Gasteiger partial charge on any atom is 0.364 e. The molecule has 0 radical (unpaired) electrons. The van der Waals surface area contributed by atoms with Crippen molar-refractivity contribution in [3.63, 3.8) is 0 Å². The van der Waals surface area contributed by atoms with Gasteiger partial charge in [-0.25, -0.2) is 4.79 Å². The lowest BCUT2D eigenvalue weighted by Gasteiger charge is -2.44. The molecule has 29 heavy (non-hydrogen) atoms. The van der Waals surface area contributed by atoms with Gasteiger partial charge in [-0.05, 0) is 6.92 Å². The molecule has 0 unspecified atom stereocenters. The van der Waals surface area contributed by atoms with E-state index in [-0.39, 0.29) is 0 Å². The first-order valence-electron chi connectivity index (χ1n) is 8.83. The van der Waals surface area contributed by atoms with Crippen LogP contribution >= 0.6 is 0 Å². The number of hydrogen-bond donors (Lipinski definition) is 8. The molecule has 1 aliphatic heterocycles. The molecular weight excluding hydrogens is 396 g/mol. The summed E-state index contributed by atoms with van der Waals surface area (Å²) in [4.78, 5) is 34.1. The van der Waals surface area contributed by atoms with Crippen molar-refractivity contribution in [2.45, 2.75) is 69.2 Å². The molecule has 0 saturated carbocycles. The molecule has 1 amide bonds. The van der Waals surface area contributed by atoms with Crippen molar-refractivity contribution in [3.05, 3.63) is 0 Å². The predicted molar refractivity (Wildman–Crippen MR) is 92.6 cm³/mol. The zero-order chi connectivity index (χ0) is 22.5. The summed E-state index contributed by atoms with van der Waals surface area (Å²) in [7, 11) is 0. The molecule has 1 rings (SSSR count). The van der Waals surface area contributed by atoms with Crippen molar-refractivity contribution in [3.8, 4) is 0 Å². The Balaban J connectivity index is 2.89. The van der Waals surface area contributed by atoms with E-state index in [9.17, 15) is 39.9 Å². The second kappa shape index (κ2) is 10.2. The summed E-state index contributed by atoms with van der Waals surface area (Å²) in [6.07, 6.45) is -8.68. The van der Waals surface area contributed by atoms with E-state index in [0.717, 1.165) is 6.92 Å². The number of carboxylic acid groups (broad SMARTS) is 1. The van der Waals surface area contributed by atoms with Gasteiger partial charge in [-0.15, -0.1) is 0 Å². The number of hydrogen-bond acceptors (Lipinski definition) is 11. The summed E-state index contributed by atoms with van der Waals surface area (Å²) in [5, 5.41) is 61.1. The van der Waals surface area contributed by atoms with Crippen molar-refractivity contribution >= 4 is 17.8 Å². The van der Waals surface area contributed by atoms with E-state index in [1.807, 2.05) is 0 Å². The number of aliphatic carboxylic acids is 1. The minimum atomic E-state index is -2.79. The van der Waals surface area contributed by atoms with Crippen LogP contribution in [0.25, 0.3) is 0 Å². The van der Waals surface area contributed by atoms with Crippen molar-refractivity contribution in [1.82, 2.24) is 5.32 Å². The summed E-state index contributed by atoms with van der Waals surface area (Å²) in [6, 6.07) is -1.35. The minimum absolute atomic E-state index is 0.481. The Bertz CT molecular complexity index is 601. The number of carbonyl (C=O) groups excluding carboxylic acids is 2. The van der Waals surface area contributed by atoms with E-state index < -0.39 is 85.7 Å². The number of aliphatic hydroxyl groups excluding tert-OH is 4. The smallest absolute Gasteiger partial charge is 0.364 e. The zero-order valence-corrected chi connectivity index (χ0v) is 16.0. The van der Waals surface area contributed by atoms with Crippen molar-refractivity contribution in [1.29, 1.82) is 0 Å². The fraction of sp³-hybridized carbons (Fsp3) is 0.812. The number of nitrogens with two attached hydrogens (primary N) is 1. The summed E-state index contributed by atoms with van der Waals surface area (Å²) in [5.74, 6) is -7.53. The molecule has 1 fully saturated rings. The molecule has 0 aromatic carbocycles. The highest BCUT2D eigenvalue weighted by molar-refractivity contribution is 5.76. The van der Waals surface area contributed by atoms with Gasteiger partial charge in [0.05, 0.1) is 30.3 Å². The van der Waals surface area contributed by atoms with Crippen molar-refractivity contribution < 1.29 is 54.5 Å². The number of carboxylic acids is 1. The molecule has 168 valence electrons. The molecule has 0 spiro atoms. The van der Waals surface area contributed by atoms with Gasteiger partial charge in [0, 0.05) is 19.8 Å². The highest BCUT2D eigenvalue weighted by Gasteiger charge is 2.53. The SMILES string of the molecule is CC(=O)N[C@@H](O)[C@@H]1[C@H](C[C@H](O)COC(=O)[C@H](N)[C@H](C)O)O[C@](O)(C(=O)O)C[C@@H]1O. The monoisotopic (exact) mass is 424 g/mol. The number of esters is 1. The van der Waals surface area contributed by atoms with Gasteiger partial charge in [0.25, 0.3) is 5.79 Å². The van der Waals surface area contributed by atoms with E-state index in [2.05, 4.69) is 5.32 Å². The van der Waals surface area contributed by atoms with Crippen LogP contribution in [0.2, 0.25) is 0 Å². The lowest BCUT2D eigenvalue weighted by molar-refractivity contribution is -0.297. The largest absolute Gasteiger partial charge is 0.477 e. The standard InChI is InChI=1S/C16H28N2O11/c1-6(19)12(17)14(24)28-5-8(21)3-10-11(13(23)18-7(2)20)9(22)4-16(27,29-10)15(25)26/h6,8-13,19,21-23,27H,3-5,17H2,1-2H3,(H,18,20)(H,25,26)/t6-,8-,9-,10-,11-,12+,13-,16-/m0/s1. The second-order valence-corrected chi connectivity index (χ2v) is 7.03. The van der Waals surface area contributed by atoms with Gasteiger partial charge in [0.15, 0.2) is 0 Å². The first-order chi connectivity index (χ1) is 13.3. The number of rotatable bonds is 9. The Hall–Kier alpha value is -1.87. The van der Waals surface area contributed by atoms with Crippen LogP contribution in [0, 0.1) is 5.92 Å². The lowest BCUT2D eigenvalue weighted by Crippen LogP contribution is -2.61. The van der Waals surface area contributed by atoms with E-state index in [1.165, 1.54) is 6.92 Å². The molecule has 1 saturated heterocycles. The molecule has 9 N–H and O–H groups in total. The highest BCUT2D eigenvalue weighted by Crippen LogP contribution is 2.35. The van der Waals surface area contributed by atoms with Crippen LogP contribution in [0.15, 0.2) is 0 Å². The number of amides is 1. The van der Waals surface area contributed by atoms with Crippen LogP contribution in [0.4, 0.5) is 0 Å². The van der Waals surface area contributed by atoms with E-state index >= 15 is 0 Å². The van der Waals surface area contributed by atoms with E-state index in [0.29, 0.717) is 0 Å². The molecular formula is C16H28N2O11. The Morgan fingerprint density at radius 1 is 1.31 bits per heavy atom. The van der Waals surface area contributed by atoms with Crippen LogP contribution in [-0.2, 0) is 23.9 Å². The van der Waals surface area contributed by atoms with Gasteiger partial charge in [-0.2, -0.15) is 0 Å². The average Bonchev–Trinajstić information content (AvgIpc) is 2.57. The fourth-order valence-electron chi connectivity index (χ4n) is 2.91. The van der Waals surface area contributed by atoms with E-state index in [1.54, 1.807) is 0 Å². The summed E-state index contributed by atoms with van der Waals surface area (Å²) in [5.41, 5.74) is 5.39. The Morgan fingerprint density at radius 3 is 2.38 bits per heavy atom. The summed E-state index contributed by atoms with van der Waals surface area (Å²) < 4.78 is 9.86. The maximum atomic E-state index is 11.6. The third-order valence-corrected chi connectivity index (χ3v) is 4.47. The molecule has 1 aliphatic rings. The van der Waals surface area contributed by atoms with Gasteiger partial charge < -0.3 is 51.2 Å². The van der Waals surface area contributed by atoms with Crippen molar-refractivity contribution in [2.75, 3.05) is 6.61 Å². The Morgan fingerprint density at radius 2 is 1.90 bits per heavy atom. The Kier molecular flexibility index (Phi) is 8.89. The first-order valence-corrected chi connectivity index (χ1v) is 8.83. The van der Waals surface area contributed by atoms with Crippen LogP contribution < -0.4 is 11.1 Å². The number of aliphatic hydroxyl groups is 5. The third kappa shape index (κ3) is 6.85. The van der Waals surface area contributed by atoms with Crippen molar-refractivity contribution in [2.24, 2.45) is 11.7 Å². The summed E-state index contributed by atoms with van der Waals surface area (Å²) >= 11 is 0. The van der Waals surface area contributed by atoms with Crippen LogP contribution in [-0.4, -0.2) is 97.6 Å². The minimum Gasteiger partial charge on any atom is -0.477 e. The van der Waals surface area contributed by atoms with Gasteiger partial charge >= 0.3 is 11.9 Å². The molecule has 8 atom stereocenters. The third-order valence-electron chi connectivity index (χ3n) is 4.47. The predicted octanol–water partition coefficient (Wildman–Crippen LogP) is -4.02. The normalized spacial score (nSPS) is 31.2. The number of ether oxygens (including phenoxy) is 2. The topological polar surface area (TPSA) is 229 Å². The second-order valence-electron chi connectivity index (χ2n) is 7.03. The van der Waals surface area contributed by atoms with Crippen LogP contribution in [0.1, 0.15) is 26.7 Å². The van der Waals surface area contributed by atoms with Gasteiger partial charge in [-0.1, -0.05) is 0 Å². The highest BCUT2D eigenvalue weighted by atomic mass is 16.7. The zero-order valence-electron chi connectivity index (χ0n) is 16.0. The Labute approximate surface area is 166 Å². The van der Waals surface area contributed by atoms with Gasteiger partial charge in [-0.3, -0.25) is 9.59 Å². The quantitative estimate of drug-likeness (QED) is 0.131. The van der Waals surface area contributed by atoms with E-state index in [4.69, 9.17) is 20.3 Å². The maximum absolute atomic E-state index is 11.6. The number of carbonyl (C=O) groups is 3. The molecule has 13 heteroatoms. The molecule has 0 aliphatic carbocycles. The molecule has 0 bridgehead atoms. The van der Waals surface area contributed by atoms with Crippen LogP contribution in [0.3, 0.4) is 0 Å². The van der Waals surface area contributed by atoms with Gasteiger partial charge in [0.2, 0.25) is 5.91 Å². The number of nitrogens with one attached hydrogen (secondary N) is 1. The van der Waals surface area contributed by atoms with Crippen LogP contribution in [0.5, 0.6) is 0 Å². The molecule has 0 aromatic rings. The first kappa shape index (κ1) is 25.2. The molecule has 0 aromatic heterocycles.